The first-order valence-corrected chi connectivity index (χ1v) is 4.47. The number of rotatable bonds is 5. The predicted molar refractivity (Wildman–Crippen MR) is 56.9 cm³/mol. The number of para-hydroxylation sites is 1. The van der Waals surface area contributed by atoms with Crippen molar-refractivity contribution in [2.75, 3.05) is 13.2 Å². The Labute approximate surface area is 91.3 Å². The number of hydrogen-bond donors (Lipinski definition) is 2. The summed E-state index contributed by atoms with van der Waals surface area (Å²) in [5.41, 5.74) is 5.56. The lowest BCUT2D eigenvalue weighted by Crippen LogP contribution is -2.16. The van der Waals surface area contributed by atoms with Crippen LogP contribution >= 0.6 is 0 Å². The van der Waals surface area contributed by atoms with Crippen LogP contribution in [0.4, 0.5) is 5.69 Å². The minimum atomic E-state index is -0.552. The fraction of sp³-hybridized carbons (Fsp3) is 0.222. The Kier molecular flexibility index (Phi) is 4.22. The third-order valence-corrected chi connectivity index (χ3v) is 1.72. The fourth-order valence-corrected chi connectivity index (χ4v) is 1.05. The number of nitro groups is 1. The summed E-state index contributed by atoms with van der Waals surface area (Å²) in [5, 5.41) is 22.6. The molecule has 0 saturated carbocycles. The summed E-state index contributed by atoms with van der Waals surface area (Å²) in [6.07, 6.45) is 0. The van der Waals surface area contributed by atoms with Crippen LogP contribution in [0.2, 0.25) is 0 Å². The average Bonchev–Trinajstić information content (AvgIpc) is 2.29. The normalized spacial score (nSPS) is 11.2. The molecular weight excluding hydrogens is 214 g/mol. The van der Waals surface area contributed by atoms with Gasteiger partial charge in [0.05, 0.1) is 17.1 Å². The summed E-state index contributed by atoms with van der Waals surface area (Å²) >= 11 is 0. The summed E-state index contributed by atoms with van der Waals surface area (Å²) in [7, 11) is 0. The van der Waals surface area contributed by atoms with Gasteiger partial charge in [0.15, 0.2) is 5.84 Å². The molecule has 0 atom stereocenters. The van der Waals surface area contributed by atoms with E-state index < -0.39 is 4.92 Å². The van der Waals surface area contributed by atoms with E-state index >= 15 is 0 Å². The first kappa shape index (κ1) is 11.9. The SMILES string of the molecule is N/C(=N\OCCO)c1ccccc1[N+](=O)[O-]. The largest absolute Gasteiger partial charge is 0.393 e. The van der Waals surface area contributed by atoms with E-state index in [0.29, 0.717) is 0 Å². The maximum Gasteiger partial charge on any atom is 0.280 e. The highest BCUT2D eigenvalue weighted by Gasteiger charge is 2.15. The average molecular weight is 225 g/mol. The van der Waals surface area contributed by atoms with Crippen molar-refractivity contribution in [3.05, 3.63) is 39.9 Å². The number of aliphatic hydroxyl groups is 1. The smallest absolute Gasteiger partial charge is 0.280 e. The molecule has 7 heteroatoms. The van der Waals surface area contributed by atoms with Crippen LogP contribution in [0.1, 0.15) is 5.56 Å². The van der Waals surface area contributed by atoms with Crippen LogP contribution in [-0.2, 0) is 4.84 Å². The Morgan fingerprint density at radius 2 is 2.25 bits per heavy atom. The number of aliphatic hydroxyl groups excluding tert-OH is 1. The highest BCUT2D eigenvalue weighted by molar-refractivity contribution is 6.00. The van der Waals surface area contributed by atoms with Crippen molar-refractivity contribution < 1.29 is 14.9 Å². The maximum absolute atomic E-state index is 10.7. The highest BCUT2D eigenvalue weighted by Crippen LogP contribution is 2.16. The van der Waals surface area contributed by atoms with Crippen LogP contribution in [0, 0.1) is 10.1 Å². The van der Waals surface area contributed by atoms with Crippen LogP contribution in [0.15, 0.2) is 29.4 Å². The van der Waals surface area contributed by atoms with Gasteiger partial charge in [-0.1, -0.05) is 17.3 Å². The van der Waals surface area contributed by atoms with Gasteiger partial charge in [-0.2, -0.15) is 0 Å². The van der Waals surface area contributed by atoms with Crippen LogP contribution in [0.25, 0.3) is 0 Å². The van der Waals surface area contributed by atoms with Gasteiger partial charge in [-0.15, -0.1) is 0 Å². The van der Waals surface area contributed by atoms with Crippen molar-refractivity contribution in [2.24, 2.45) is 10.9 Å². The molecule has 0 spiro atoms. The second-order valence-electron chi connectivity index (χ2n) is 2.81. The van der Waals surface area contributed by atoms with E-state index in [-0.39, 0.29) is 30.3 Å². The Morgan fingerprint density at radius 1 is 1.56 bits per heavy atom. The summed E-state index contributed by atoms with van der Waals surface area (Å²) < 4.78 is 0. The van der Waals surface area contributed by atoms with Gasteiger partial charge in [0.25, 0.3) is 5.69 Å². The topological polar surface area (TPSA) is 111 Å². The summed E-state index contributed by atoms with van der Waals surface area (Å²) in [6, 6.07) is 5.93. The molecule has 86 valence electrons. The van der Waals surface area contributed by atoms with Gasteiger partial charge in [-0.25, -0.2) is 0 Å². The van der Waals surface area contributed by atoms with Gasteiger partial charge in [-0.3, -0.25) is 10.1 Å². The zero-order valence-corrected chi connectivity index (χ0v) is 8.37. The van der Waals surface area contributed by atoms with Gasteiger partial charge >= 0.3 is 0 Å². The second-order valence-corrected chi connectivity index (χ2v) is 2.81. The van der Waals surface area contributed by atoms with Gasteiger partial charge in [0.2, 0.25) is 0 Å². The van der Waals surface area contributed by atoms with Crippen LogP contribution in [0.5, 0.6) is 0 Å². The Balaban J connectivity index is 2.94. The molecule has 0 aromatic heterocycles. The van der Waals surface area contributed by atoms with E-state index in [9.17, 15) is 10.1 Å². The molecule has 0 saturated heterocycles. The molecule has 0 bridgehead atoms. The lowest BCUT2D eigenvalue weighted by Gasteiger charge is -2.01. The lowest BCUT2D eigenvalue weighted by molar-refractivity contribution is -0.385. The summed E-state index contributed by atoms with van der Waals surface area (Å²) in [4.78, 5) is 14.7. The van der Waals surface area contributed by atoms with Crippen molar-refractivity contribution in [3.8, 4) is 0 Å². The number of nitrogens with two attached hydrogens (primary N) is 1. The summed E-state index contributed by atoms with van der Waals surface area (Å²) in [6.45, 7) is -0.213. The number of nitro benzene ring substituents is 1. The molecule has 0 heterocycles. The molecule has 16 heavy (non-hydrogen) atoms. The monoisotopic (exact) mass is 225 g/mol. The van der Waals surface area contributed by atoms with Gasteiger partial charge in [0, 0.05) is 6.07 Å². The van der Waals surface area contributed by atoms with E-state index in [4.69, 9.17) is 10.8 Å². The number of hydrogen-bond acceptors (Lipinski definition) is 5. The Hall–Kier alpha value is -2.15. The zero-order valence-electron chi connectivity index (χ0n) is 8.37. The van der Waals surface area contributed by atoms with Gasteiger partial charge in [-0.05, 0) is 6.07 Å². The fourth-order valence-electron chi connectivity index (χ4n) is 1.05. The molecule has 0 aliphatic heterocycles. The molecule has 0 aliphatic rings. The summed E-state index contributed by atoms with van der Waals surface area (Å²) in [5.74, 6) is -0.0965. The minimum absolute atomic E-state index is 0.0126. The van der Waals surface area contributed by atoms with E-state index in [1.54, 1.807) is 6.07 Å². The molecule has 0 radical (unpaired) electrons. The van der Waals surface area contributed by atoms with Crippen molar-refractivity contribution in [1.29, 1.82) is 0 Å². The third-order valence-electron chi connectivity index (χ3n) is 1.72. The van der Waals surface area contributed by atoms with Crippen molar-refractivity contribution in [1.82, 2.24) is 0 Å². The third kappa shape index (κ3) is 2.92. The minimum Gasteiger partial charge on any atom is -0.393 e. The molecule has 0 fully saturated rings. The second kappa shape index (κ2) is 5.66. The molecule has 1 aromatic carbocycles. The van der Waals surface area contributed by atoms with Crippen LogP contribution < -0.4 is 5.73 Å². The molecule has 7 nitrogen and oxygen atoms in total. The number of amidine groups is 1. The molecule has 3 N–H and O–H groups in total. The van der Waals surface area contributed by atoms with Crippen LogP contribution in [0.3, 0.4) is 0 Å². The Morgan fingerprint density at radius 3 is 2.88 bits per heavy atom. The molecule has 0 amide bonds. The lowest BCUT2D eigenvalue weighted by atomic mass is 10.1. The van der Waals surface area contributed by atoms with Crippen molar-refractivity contribution >= 4 is 11.5 Å². The van der Waals surface area contributed by atoms with Gasteiger partial charge in [0.1, 0.15) is 6.61 Å². The Bertz CT molecular complexity index is 405. The predicted octanol–water partition coefficient (Wildman–Crippen LogP) is 0.224. The maximum atomic E-state index is 10.7. The van der Waals surface area contributed by atoms with Crippen molar-refractivity contribution in [3.63, 3.8) is 0 Å². The van der Waals surface area contributed by atoms with Crippen molar-refractivity contribution in [2.45, 2.75) is 0 Å². The molecular formula is C9H11N3O4. The van der Waals surface area contributed by atoms with E-state index in [2.05, 4.69) is 9.99 Å². The molecule has 0 aliphatic carbocycles. The quantitative estimate of drug-likeness (QED) is 0.245. The standard InChI is InChI=1S/C9H11N3O4/c10-9(11-16-6-5-13)7-3-1-2-4-8(7)12(14)15/h1-4,13H,5-6H2,(H2,10,11). The first-order chi connectivity index (χ1) is 7.66. The number of oxime groups is 1. The van der Waals surface area contributed by atoms with E-state index in [1.807, 2.05) is 0 Å². The molecule has 1 rings (SSSR count). The van der Waals surface area contributed by atoms with Gasteiger partial charge < -0.3 is 15.7 Å². The number of nitrogens with zero attached hydrogens (tertiary/aromatic N) is 2. The van der Waals surface area contributed by atoms with E-state index in [0.717, 1.165) is 0 Å². The van der Waals surface area contributed by atoms with E-state index in [1.165, 1.54) is 18.2 Å². The highest BCUT2D eigenvalue weighted by atomic mass is 16.6. The molecule has 0 unspecified atom stereocenters. The van der Waals surface area contributed by atoms with Crippen LogP contribution in [-0.4, -0.2) is 29.1 Å². The molecule has 1 aromatic rings. The zero-order chi connectivity index (χ0) is 12.0. The number of benzene rings is 1. The first-order valence-electron chi connectivity index (χ1n) is 4.47.